The van der Waals surface area contributed by atoms with Crippen LogP contribution >= 0.6 is 0 Å². The van der Waals surface area contributed by atoms with Gasteiger partial charge in [0.15, 0.2) is 0 Å². The van der Waals surface area contributed by atoms with Crippen LogP contribution in [0.1, 0.15) is 68.1 Å². The van der Waals surface area contributed by atoms with Crippen LogP contribution in [0.15, 0.2) is 42.6 Å². The number of carbonyl (C=O) groups excluding carboxylic acids is 1. The normalized spacial score (nSPS) is 15.0. The van der Waals surface area contributed by atoms with Crippen LogP contribution in [0.3, 0.4) is 0 Å². The highest BCUT2D eigenvalue weighted by molar-refractivity contribution is 5.96. The molecule has 0 saturated heterocycles. The Balaban J connectivity index is 1.54. The molecule has 0 N–H and O–H groups in total. The van der Waals surface area contributed by atoms with Crippen molar-refractivity contribution in [1.82, 2.24) is 14.7 Å². The Morgan fingerprint density at radius 2 is 1.73 bits per heavy atom. The topological polar surface area (TPSA) is 38.1 Å². The number of amides is 1. The number of benzene rings is 2. The number of nitrogens with zero attached hydrogens (tertiary/aromatic N) is 3. The third-order valence-electron chi connectivity index (χ3n) is 6.57. The molecule has 0 atom stereocenters. The fraction of sp³-hybridized carbons (Fsp3) is 0.462. The molecule has 0 spiro atoms. The lowest BCUT2D eigenvalue weighted by atomic mass is 9.79. The third-order valence-corrected chi connectivity index (χ3v) is 6.57. The molecular weight excluding hydrogens is 370 g/mol. The van der Waals surface area contributed by atoms with Crippen LogP contribution in [0.4, 0.5) is 0 Å². The summed E-state index contributed by atoms with van der Waals surface area (Å²) in [5.41, 5.74) is 5.71. The fourth-order valence-electron chi connectivity index (χ4n) is 4.20. The number of aryl methyl sites for hydroxylation is 1. The van der Waals surface area contributed by atoms with Crippen molar-refractivity contribution in [2.75, 3.05) is 13.6 Å². The lowest BCUT2D eigenvalue weighted by molar-refractivity contribution is 0.0780. The number of fused-ring (bicyclic) bond motifs is 2. The second-order valence-electron chi connectivity index (χ2n) is 10.4. The van der Waals surface area contributed by atoms with E-state index in [1.807, 2.05) is 11.9 Å². The molecule has 0 saturated carbocycles. The van der Waals surface area contributed by atoms with Gasteiger partial charge in [0, 0.05) is 37.3 Å². The van der Waals surface area contributed by atoms with Gasteiger partial charge in [-0.15, -0.1) is 0 Å². The maximum absolute atomic E-state index is 12.6. The van der Waals surface area contributed by atoms with Gasteiger partial charge in [0.1, 0.15) is 0 Å². The molecule has 30 heavy (non-hydrogen) atoms. The Hall–Kier alpha value is -2.62. The van der Waals surface area contributed by atoms with E-state index in [0.717, 1.165) is 37.0 Å². The number of aromatic nitrogens is 2. The quantitative estimate of drug-likeness (QED) is 0.590. The van der Waals surface area contributed by atoms with Gasteiger partial charge in [-0.3, -0.25) is 9.48 Å². The Kier molecular flexibility index (Phi) is 5.00. The minimum Gasteiger partial charge on any atom is -0.341 e. The summed E-state index contributed by atoms with van der Waals surface area (Å²) < 4.78 is 2.07. The van der Waals surface area contributed by atoms with E-state index in [1.165, 1.54) is 22.1 Å². The second kappa shape index (κ2) is 7.26. The van der Waals surface area contributed by atoms with Crippen molar-refractivity contribution in [3.05, 3.63) is 64.8 Å². The van der Waals surface area contributed by atoms with E-state index in [-0.39, 0.29) is 16.7 Å². The van der Waals surface area contributed by atoms with E-state index in [0.29, 0.717) is 0 Å². The average molecular weight is 404 g/mol. The molecule has 2 heterocycles. The van der Waals surface area contributed by atoms with Gasteiger partial charge < -0.3 is 4.90 Å². The largest absolute Gasteiger partial charge is 0.341 e. The summed E-state index contributed by atoms with van der Waals surface area (Å²) in [6.07, 6.45) is 4.04. The number of hydrogen-bond donors (Lipinski definition) is 0. The third kappa shape index (κ3) is 3.88. The number of carbonyl (C=O) groups is 1. The van der Waals surface area contributed by atoms with Crippen molar-refractivity contribution in [2.24, 2.45) is 0 Å². The summed E-state index contributed by atoms with van der Waals surface area (Å²) in [4.78, 5) is 14.4. The summed E-state index contributed by atoms with van der Waals surface area (Å²) in [6.45, 7) is 12.9. The van der Waals surface area contributed by atoms with E-state index in [9.17, 15) is 4.79 Å². The lowest BCUT2D eigenvalue weighted by Gasteiger charge is -2.29. The predicted octanol–water partition coefficient (Wildman–Crippen LogP) is 5.33. The van der Waals surface area contributed by atoms with Crippen molar-refractivity contribution >= 4 is 16.8 Å². The van der Waals surface area contributed by atoms with Gasteiger partial charge in [0.2, 0.25) is 0 Å². The highest BCUT2D eigenvalue weighted by atomic mass is 16.2. The van der Waals surface area contributed by atoms with Gasteiger partial charge in [0.05, 0.1) is 5.52 Å². The Morgan fingerprint density at radius 1 is 1.00 bits per heavy atom. The van der Waals surface area contributed by atoms with Crippen molar-refractivity contribution in [3.63, 3.8) is 0 Å². The molecule has 1 aliphatic rings. The molecular formula is C26H33N3O. The van der Waals surface area contributed by atoms with Gasteiger partial charge in [-0.05, 0) is 52.5 Å². The van der Waals surface area contributed by atoms with Crippen LogP contribution in [-0.2, 0) is 23.8 Å². The van der Waals surface area contributed by atoms with Crippen molar-refractivity contribution in [3.8, 4) is 0 Å². The van der Waals surface area contributed by atoms with E-state index in [1.54, 1.807) is 0 Å². The molecule has 4 nitrogen and oxygen atoms in total. The van der Waals surface area contributed by atoms with Crippen molar-refractivity contribution < 1.29 is 4.79 Å². The second-order valence-corrected chi connectivity index (χ2v) is 10.4. The zero-order valence-electron chi connectivity index (χ0n) is 19.1. The van der Waals surface area contributed by atoms with Crippen LogP contribution in [0.25, 0.3) is 10.9 Å². The first-order valence-corrected chi connectivity index (χ1v) is 10.9. The zero-order chi connectivity index (χ0) is 21.7. The first kappa shape index (κ1) is 20.6. The molecule has 2 aromatic carbocycles. The smallest absolute Gasteiger partial charge is 0.253 e. The molecule has 4 rings (SSSR count). The number of hydrogen-bond acceptors (Lipinski definition) is 2. The van der Waals surface area contributed by atoms with Gasteiger partial charge in [-0.1, -0.05) is 58.9 Å². The van der Waals surface area contributed by atoms with E-state index in [2.05, 4.69) is 81.9 Å². The SMILES string of the molecule is CN1CCc2ccc(C(C)(C)CCn3cc4ccc(C(C)(C)C)cc4n3)cc2C1=O. The molecule has 4 heteroatoms. The molecule has 0 radical (unpaired) electrons. The monoisotopic (exact) mass is 403 g/mol. The first-order valence-electron chi connectivity index (χ1n) is 10.9. The van der Waals surface area contributed by atoms with Crippen LogP contribution in [0.5, 0.6) is 0 Å². The van der Waals surface area contributed by atoms with Gasteiger partial charge in [-0.25, -0.2) is 0 Å². The van der Waals surface area contributed by atoms with Gasteiger partial charge in [-0.2, -0.15) is 5.10 Å². The predicted molar refractivity (Wildman–Crippen MR) is 123 cm³/mol. The standard InChI is InChI=1S/C26H33N3O/c1-25(2,3)20-9-8-19-17-29(27-23(19)16-20)14-12-26(4,5)21-10-7-18-11-13-28(6)24(30)22(18)15-21/h7-10,15-17H,11-14H2,1-6H3. The van der Waals surface area contributed by atoms with Crippen LogP contribution in [0.2, 0.25) is 0 Å². The molecule has 0 bridgehead atoms. The first-order chi connectivity index (χ1) is 14.0. The maximum atomic E-state index is 12.6. The molecule has 0 unspecified atom stereocenters. The molecule has 3 aromatic rings. The minimum atomic E-state index is -0.0416. The molecule has 158 valence electrons. The fourth-order valence-corrected chi connectivity index (χ4v) is 4.20. The zero-order valence-corrected chi connectivity index (χ0v) is 19.1. The summed E-state index contributed by atoms with van der Waals surface area (Å²) in [5, 5.41) is 6.02. The van der Waals surface area contributed by atoms with Gasteiger partial charge in [0.25, 0.3) is 5.91 Å². The van der Waals surface area contributed by atoms with Crippen LogP contribution in [-0.4, -0.2) is 34.2 Å². The molecule has 0 fully saturated rings. The van der Waals surface area contributed by atoms with Crippen LogP contribution < -0.4 is 0 Å². The van der Waals surface area contributed by atoms with Crippen molar-refractivity contribution in [1.29, 1.82) is 0 Å². The minimum absolute atomic E-state index is 0.0416. The summed E-state index contributed by atoms with van der Waals surface area (Å²) in [6, 6.07) is 13.1. The van der Waals surface area contributed by atoms with Crippen molar-refractivity contribution in [2.45, 2.75) is 64.8 Å². The highest BCUT2D eigenvalue weighted by Crippen LogP contribution is 2.31. The molecule has 1 aliphatic heterocycles. The Morgan fingerprint density at radius 3 is 2.47 bits per heavy atom. The highest BCUT2D eigenvalue weighted by Gasteiger charge is 2.26. The van der Waals surface area contributed by atoms with E-state index < -0.39 is 0 Å². The molecule has 1 amide bonds. The Bertz CT molecular complexity index is 1100. The molecule has 0 aliphatic carbocycles. The molecule has 1 aromatic heterocycles. The summed E-state index contributed by atoms with van der Waals surface area (Å²) in [5.74, 6) is 0.141. The Labute approximate surface area is 179 Å². The average Bonchev–Trinajstić information content (AvgIpc) is 3.11. The lowest BCUT2D eigenvalue weighted by Crippen LogP contribution is -2.34. The number of rotatable bonds is 4. The maximum Gasteiger partial charge on any atom is 0.253 e. The summed E-state index contributed by atoms with van der Waals surface area (Å²) in [7, 11) is 1.89. The van der Waals surface area contributed by atoms with Crippen LogP contribution in [0, 0.1) is 0 Å². The number of likely N-dealkylation sites (N-methyl/N-ethyl adjacent to an activating group) is 1. The van der Waals surface area contributed by atoms with Gasteiger partial charge >= 0.3 is 0 Å². The van der Waals surface area contributed by atoms with E-state index >= 15 is 0 Å². The van der Waals surface area contributed by atoms with E-state index in [4.69, 9.17) is 5.10 Å². The summed E-state index contributed by atoms with van der Waals surface area (Å²) >= 11 is 0.